The Labute approximate surface area is 177 Å². The van der Waals surface area contributed by atoms with Crippen molar-refractivity contribution in [3.8, 4) is 0 Å². The van der Waals surface area contributed by atoms with Gasteiger partial charge >= 0.3 is 5.97 Å². The Morgan fingerprint density at radius 2 is 1.97 bits per heavy atom. The lowest BCUT2D eigenvalue weighted by atomic mass is 9.46. The fourth-order valence-electron chi connectivity index (χ4n) is 6.61. The molecule has 2 aliphatic heterocycles. The fraction of sp³-hybridized carbons (Fsp3) is 0.696. The zero-order valence-electron chi connectivity index (χ0n) is 17.8. The lowest BCUT2D eigenvalue weighted by Crippen LogP contribution is -2.60. The van der Waals surface area contributed by atoms with E-state index in [2.05, 4.69) is 20.4 Å². The zero-order chi connectivity index (χ0) is 21.5. The number of hydrogen-bond acceptors (Lipinski definition) is 6. The molecule has 0 aromatic carbocycles. The largest absolute Gasteiger partial charge is 0.460 e. The third-order valence-electron chi connectivity index (χ3n) is 8.23. The van der Waals surface area contributed by atoms with Gasteiger partial charge in [-0.3, -0.25) is 14.5 Å². The second kappa shape index (κ2) is 7.93. The molecule has 0 radical (unpaired) electrons. The average Bonchev–Trinajstić information content (AvgIpc) is 3.08. The van der Waals surface area contributed by atoms with Gasteiger partial charge in [-0.2, -0.15) is 0 Å². The molecule has 7 nitrogen and oxygen atoms in total. The molecular formula is C23H31NO6. The number of carbonyl (C=O) groups excluding carboxylic acids is 3. The molecule has 2 saturated carbocycles. The number of allylic oxidation sites excluding steroid dienone is 2. The van der Waals surface area contributed by atoms with E-state index in [0.717, 1.165) is 30.6 Å². The molecule has 1 unspecified atom stereocenters. The normalized spacial score (nSPS) is 42.3. The van der Waals surface area contributed by atoms with Crippen LogP contribution in [0.5, 0.6) is 0 Å². The molecule has 6 atom stereocenters. The molecule has 0 spiro atoms. The third-order valence-corrected chi connectivity index (χ3v) is 8.23. The molecule has 4 fully saturated rings. The van der Waals surface area contributed by atoms with E-state index < -0.39 is 12.0 Å². The highest BCUT2D eigenvalue weighted by molar-refractivity contribution is 5.93. The first kappa shape index (κ1) is 21.2. The first-order chi connectivity index (χ1) is 14.3. The number of carbonyl (C=O) groups is 3. The van der Waals surface area contributed by atoms with Gasteiger partial charge in [0.15, 0.2) is 0 Å². The molecule has 4 aliphatic rings. The van der Waals surface area contributed by atoms with E-state index in [1.165, 1.54) is 5.57 Å². The fourth-order valence-corrected chi connectivity index (χ4v) is 6.61. The van der Waals surface area contributed by atoms with Crippen LogP contribution in [0.25, 0.3) is 0 Å². The van der Waals surface area contributed by atoms with Gasteiger partial charge in [-0.25, -0.2) is 4.79 Å². The third kappa shape index (κ3) is 3.23. The second-order valence-electron chi connectivity index (χ2n) is 9.64. The molecule has 7 heteroatoms. The lowest BCUT2D eigenvalue weighted by Gasteiger charge is -2.61. The minimum Gasteiger partial charge on any atom is -0.460 e. The Balaban J connectivity index is 1.61. The van der Waals surface area contributed by atoms with Crippen LogP contribution in [0.4, 0.5) is 0 Å². The number of amides is 2. The maximum atomic E-state index is 12.3. The maximum absolute atomic E-state index is 12.3. The van der Waals surface area contributed by atoms with Gasteiger partial charge in [-0.05, 0) is 49.4 Å². The molecule has 0 bridgehead atoms. The number of hydrogen-bond donors (Lipinski definition) is 0. The Morgan fingerprint density at radius 1 is 1.20 bits per heavy atom. The number of imide groups is 1. The highest BCUT2D eigenvalue weighted by atomic mass is 16.7. The SMILES string of the molecule is C=C1CC[C@@H]2[C@]3(C)COCO[C@@H]3CC[C@@]2(C)[C@@H]1C/C=C1/C(=O)OCC1N(C=O)C=O. The molecule has 164 valence electrons. The van der Waals surface area contributed by atoms with Gasteiger partial charge in [-0.1, -0.05) is 32.1 Å². The van der Waals surface area contributed by atoms with E-state index >= 15 is 0 Å². The summed E-state index contributed by atoms with van der Waals surface area (Å²) in [5.41, 5.74) is 1.58. The summed E-state index contributed by atoms with van der Waals surface area (Å²) in [5.74, 6) is 0.186. The number of esters is 1. The predicted octanol–water partition coefficient (Wildman–Crippen LogP) is 2.60. The number of cyclic esters (lactones) is 1. The highest BCUT2D eigenvalue weighted by Gasteiger charge is 2.59. The first-order valence-electron chi connectivity index (χ1n) is 10.8. The van der Waals surface area contributed by atoms with Crippen molar-refractivity contribution in [1.82, 2.24) is 4.90 Å². The minimum absolute atomic E-state index is 0.0160. The van der Waals surface area contributed by atoms with Crippen LogP contribution in [0.3, 0.4) is 0 Å². The van der Waals surface area contributed by atoms with Gasteiger partial charge in [0, 0.05) is 5.41 Å². The molecular weight excluding hydrogens is 386 g/mol. The number of ether oxygens (including phenoxy) is 3. The van der Waals surface area contributed by atoms with Crippen LogP contribution in [0.1, 0.15) is 46.0 Å². The smallest absolute Gasteiger partial charge is 0.336 e. The van der Waals surface area contributed by atoms with Gasteiger partial charge in [-0.15, -0.1) is 0 Å². The van der Waals surface area contributed by atoms with Crippen molar-refractivity contribution in [3.05, 3.63) is 23.8 Å². The topological polar surface area (TPSA) is 82.1 Å². The number of fused-ring (bicyclic) bond motifs is 3. The summed E-state index contributed by atoms with van der Waals surface area (Å²) in [7, 11) is 0. The predicted molar refractivity (Wildman–Crippen MR) is 108 cm³/mol. The van der Waals surface area contributed by atoms with Gasteiger partial charge in [0.2, 0.25) is 12.8 Å². The van der Waals surface area contributed by atoms with Crippen LogP contribution in [0, 0.1) is 22.7 Å². The summed E-state index contributed by atoms with van der Waals surface area (Å²) < 4.78 is 16.8. The molecule has 2 heterocycles. The summed E-state index contributed by atoms with van der Waals surface area (Å²) in [6, 6.07) is -0.652. The van der Waals surface area contributed by atoms with Crippen molar-refractivity contribution < 1.29 is 28.6 Å². The molecule has 4 rings (SSSR count). The van der Waals surface area contributed by atoms with Crippen LogP contribution in [-0.4, -0.2) is 55.8 Å². The standard InChI is InChI=1S/C23H31NO6/c1-15-4-7-19-22(2,9-8-20-23(19,3)11-28-14-30-20)17(15)6-5-16-18(10-29-21(16)27)24(12-25)13-26/h5,12-13,17-20H,1,4,6-11,14H2,2-3H3/b16-5+/t17-,18?,19+,20-,22+,23+/m1/s1. The van der Waals surface area contributed by atoms with Crippen molar-refractivity contribution in [1.29, 1.82) is 0 Å². The van der Waals surface area contributed by atoms with Crippen molar-refractivity contribution in [2.75, 3.05) is 20.0 Å². The van der Waals surface area contributed by atoms with E-state index in [4.69, 9.17) is 14.2 Å². The van der Waals surface area contributed by atoms with E-state index in [1.54, 1.807) is 0 Å². The van der Waals surface area contributed by atoms with Crippen LogP contribution in [0.15, 0.2) is 23.8 Å². The molecule has 2 aliphatic carbocycles. The average molecular weight is 418 g/mol. The van der Waals surface area contributed by atoms with E-state index in [-0.39, 0.29) is 29.5 Å². The summed E-state index contributed by atoms with van der Waals surface area (Å²) in [6.45, 7) is 10.1. The molecule has 0 aromatic rings. The highest BCUT2D eigenvalue weighted by Crippen LogP contribution is 2.63. The molecule has 0 aromatic heterocycles. The lowest BCUT2D eigenvalue weighted by molar-refractivity contribution is -0.259. The molecule has 0 N–H and O–H groups in total. The van der Waals surface area contributed by atoms with Crippen molar-refractivity contribution in [2.24, 2.45) is 22.7 Å². The quantitative estimate of drug-likeness (QED) is 0.296. The van der Waals surface area contributed by atoms with Crippen LogP contribution < -0.4 is 0 Å². The summed E-state index contributed by atoms with van der Waals surface area (Å²) in [5, 5.41) is 0. The Kier molecular flexibility index (Phi) is 5.62. The summed E-state index contributed by atoms with van der Waals surface area (Å²) in [6.07, 6.45) is 7.64. The van der Waals surface area contributed by atoms with Crippen molar-refractivity contribution in [3.63, 3.8) is 0 Å². The van der Waals surface area contributed by atoms with E-state index in [9.17, 15) is 14.4 Å². The Morgan fingerprint density at radius 3 is 2.70 bits per heavy atom. The zero-order valence-corrected chi connectivity index (χ0v) is 17.8. The minimum atomic E-state index is -0.652. The number of rotatable bonds is 5. The summed E-state index contributed by atoms with van der Waals surface area (Å²) >= 11 is 0. The van der Waals surface area contributed by atoms with Gasteiger partial charge < -0.3 is 14.2 Å². The van der Waals surface area contributed by atoms with Crippen molar-refractivity contribution >= 4 is 18.8 Å². The molecule has 2 amide bonds. The van der Waals surface area contributed by atoms with Crippen LogP contribution in [0.2, 0.25) is 0 Å². The first-order valence-corrected chi connectivity index (χ1v) is 10.8. The maximum Gasteiger partial charge on any atom is 0.336 e. The monoisotopic (exact) mass is 417 g/mol. The van der Waals surface area contributed by atoms with Gasteiger partial charge in [0.05, 0.1) is 18.3 Å². The molecule has 2 saturated heterocycles. The number of nitrogens with zero attached hydrogens (tertiary/aromatic N) is 1. The second-order valence-corrected chi connectivity index (χ2v) is 9.64. The van der Waals surface area contributed by atoms with Crippen molar-refractivity contribution in [2.45, 2.75) is 58.1 Å². The van der Waals surface area contributed by atoms with Crippen LogP contribution in [-0.2, 0) is 28.6 Å². The van der Waals surface area contributed by atoms with Gasteiger partial charge in [0.1, 0.15) is 19.4 Å². The van der Waals surface area contributed by atoms with E-state index in [0.29, 0.717) is 44.1 Å². The summed E-state index contributed by atoms with van der Waals surface area (Å²) in [4.78, 5) is 35.6. The van der Waals surface area contributed by atoms with E-state index in [1.807, 2.05) is 6.08 Å². The molecule has 30 heavy (non-hydrogen) atoms. The Bertz CT molecular complexity index is 770. The van der Waals surface area contributed by atoms with Gasteiger partial charge in [0.25, 0.3) is 0 Å². The van der Waals surface area contributed by atoms with Crippen LogP contribution >= 0.6 is 0 Å². The Hall–Kier alpha value is -1.99.